The first-order valence-electron chi connectivity index (χ1n) is 15.7. The van der Waals surface area contributed by atoms with Crippen molar-refractivity contribution >= 4 is 72.5 Å². The molecule has 0 saturated carbocycles. The van der Waals surface area contributed by atoms with Gasteiger partial charge in [-0.05, 0) is 60.0 Å². The highest BCUT2D eigenvalue weighted by molar-refractivity contribution is 7.23. The summed E-state index contributed by atoms with van der Waals surface area (Å²) in [6.07, 6.45) is -0.973. The molecule has 1 aromatic carbocycles. The van der Waals surface area contributed by atoms with Crippen LogP contribution in [0.1, 0.15) is 65.5 Å². The molecule has 6 heterocycles. The predicted molar refractivity (Wildman–Crippen MR) is 183 cm³/mol. The zero-order valence-electron chi connectivity index (χ0n) is 27.9. The summed E-state index contributed by atoms with van der Waals surface area (Å²) in [6.45, 7) is 15.1. The maximum atomic E-state index is 16.9. The Kier molecular flexibility index (Phi) is 7.55. The van der Waals surface area contributed by atoms with Crippen molar-refractivity contribution in [2.75, 3.05) is 23.3 Å². The number of ether oxygens (including phenoxy) is 2. The summed E-state index contributed by atoms with van der Waals surface area (Å²) >= 11 is 7.83. The number of rotatable bonds is 2. The second-order valence-electron chi connectivity index (χ2n) is 14.7. The lowest BCUT2D eigenvalue weighted by atomic mass is 9.87. The number of carbonyl (C=O) groups is 2. The fourth-order valence-electron chi connectivity index (χ4n) is 7.22. The van der Waals surface area contributed by atoms with E-state index in [9.17, 15) is 14.9 Å². The summed E-state index contributed by atoms with van der Waals surface area (Å²) < 4.78 is 58.4. The molecule has 1 N–H and O–H groups in total. The third-order valence-electron chi connectivity index (χ3n) is 8.88. The molecule has 4 aromatic rings. The molecule has 0 unspecified atom stereocenters. The summed E-state index contributed by atoms with van der Waals surface area (Å²) in [6, 6.07) is 1.68. The molecular weight excluding hydrogens is 695 g/mol. The average molecular weight is 726 g/mol. The van der Waals surface area contributed by atoms with Gasteiger partial charge in [0.25, 0.3) is 0 Å². The van der Waals surface area contributed by atoms with Gasteiger partial charge in [-0.3, -0.25) is 10.3 Å². The van der Waals surface area contributed by atoms with Crippen molar-refractivity contribution in [2.45, 2.75) is 77.2 Å². The second kappa shape index (κ2) is 11.2. The van der Waals surface area contributed by atoms with E-state index in [1.807, 2.05) is 11.0 Å². The first-order valence-corrected chi connectivity index (χ1v) is 16.9. The lowest BCUT2D eigenvalue weighted by Crippen LogP contribution is -2.56. The number of anilines is 2. The van der Waals surface area contributed by atoms with E-state index < -0.39 is 52.2 Å². The minimum atomic E-state index is -1.20. The molecule has 0 radical (unpaired) electrons. The average Bonchev–Trinajstić information content (AvgIpc) is 3.64. The van der Waals surface area contributed by atoms with Crippen LogP contribution in [0.3, 0.4) is 0 Å². The Morgan fingerprint density at radius 2 is 1.82 bits per heavy atom. The molecule has 50 heavy (non-hydrogen) atoms. The lowest BCUT2D eigenvalue weighted by molar-refractivity contribution is 0.0200. The molecule has 16 heteroatoms. The van der Waals surface area contributed by atoms with Gasteiger partial charge in [0.15, 0.2) is 11.6 Å². The lowest BCUT2D eigenvalue weighted by Gasteiger charge is -2.42. The van der Waals surface area contributed by atoms with Crippen molar-refractivity contribution in [3.63, 3.8) is 0 Å². The number of nitrogens with zero attached hydrogens (tertiary/aromatic N) is 6. The molecular formula is C34H31ClF3N7O4S. The number of carbonyl (C=O) groups excluding carboxylic acids is 2. The number of pyridine rings is 1. The fraction of sp³-hybridized carbons (Fsp3) is 0.412. The molecule has 1 spiro atoms. The van der Waals surface area contributed by atoms with Crippen molar-refractivity contribution in [3.05, 3.63) is 46.6 Å². The highest BCUT2D eigenvalue weighted by atomic mass is 35.5. The van der Waals surface area contributed by atoms with E-state index in [0.717, 1.165) is 17.5 Å². The molecule has 3 aliphatic heterocycles. The Bertz CT molecular complexity index is 2240. The van der Waals surface area contributed by atoms with Gasteiger partial charge in [-0.15, -0.1) is 11.3 Å². The fourth-order valence-corrected chi connectivity index (χ4v) is 8.66. The van der Waals surface area contributed by atoms with E-state index in [1.54, 1.807) is 46.4 Å². The molecule has 2 amide bonds. The number of nitriles is 1. The van der Waals surface area contributed by atoms with Crippen LogP contribution in [-0.2, 0) is 9.47 Å². The minimum Gasteiger partial charge on any atom is -0.444 e. The summed E-state index contributed by atoms with van der Waals surface area (Å²) in [5.41, 5.74) is -2.87. The Balaban J connectivity index is 1.41. The zero-order valence-corrected chi connectivity index (χ0v) is 29.5. The SMILES string of the molecule is C=C1C[C@]23C[C@H](CN2c2nc(F)nc4c(F)c(-c5ncc(F)c6sc(NC(=O)OC(C)(C)C)c(C#N)c56)c(Cl)c1c24)N(C(=O)OC(C)(C)C)C3. The van der Waals surface area contributed by atoms with Crippen molar-refractivity contribution in [1.29, 1.82) is 5.26 Å². The van der Waals surface area contributed by atoms with E-state index in [0.29, 0.717) is 12.0 Å². The van der Waals surface area contributed by atoms with Gasteiger partial charge in [0.1, 0.15) is 33.6 Å². The standard InChI is InChI=1S/C34H31ClF3N7O4S/c1-14-8-34-9-15(44(13-34)31(47)49-33(5,6)7)12-45(34)27-20-18(14)22(35)21(23(37)25(20)41-29(38)42-27)24-19-16(10-39)28(43-30(46)48-32(2,3)4)50-26(19)17(36)11-40-24/h11,15H,1,8-9,12-13H2,2-7H3,(H,43,46)/t15-,34-/m1/s1. The smallest absolute Gasteiger partial charge is 0.412 e. The molecule has 2 fully saturated rings. The number of amides is 2. The van der Waals surface area contributed by atoms with Crippen LogP contribution >= 0.6 is 22.9 Å². The van der Waals surface area contributed by atoms with Crippen LogP contribution in [0.25, 0.3) is 37.8 Å². The maximum absolute atomic E-state index is 16.9. The van der Waals surface area contributed by atoms with Crippen LogP contribution < -0.4 is 10.2 Å². The Morgan fingerprint density at radius 3 is 2.48 bits per heavy atom. The van der Waals surface area contributed by atoms with E-state index in [2.05, 4.69) is 26.8 Å². The number of hydrogen-bond donors (Lipinski definition) is 1. The summed E-state index contributed by atoms with van der Waals surface area (Å²) in [7, 11) is 0. The van der Waals surface area contributed by atoms with E-state index in [4.69, 9.17) is 21.1 Å². The van der Waals surface area contributed by atoms with E-state index in [1.165, 1.54) is 0 Å². The second-order valence-corrected chi connectivity index (χ2v) is 16.1. The zero-order chi connectivity index (χ0) is 36.2. The number of piperazine rings is 1. The summed E-state index contributed by atoms with van der Waals surface area (Å²) in [5, 5.41) is 12.5. The van der Waals surface area contributed by atoms with E-state index in [-0.39, 0.29) is 79.3 Å². The third-order valence-corrected chi connectivity index (χ3v) is 10.4. The molecule has 2 saturated heterocycles. The van der Waals surface area contributed by atoms with Crippen LogP contribution in [0, 0.1) is 29.0 Å². The van der Waals surface area contributed by atoms with Crippen LogP contribution in [-0.4, -0.2) is 67.9 Å². The number of nitrogens with one attached hydrogen (secondary N) is 1. The van der Waals surface area contributed by atoms with Crippen LogP contribution in [0.4, 0.5) is 33.6 Å². The first-order chi connectivity index (χ1) is 23.3. The molecule has 3 aromatic heterocycles. The van der Waals surface area contributed by atoms with E-state index >= 15 is 13.2 Å². The normalized spacial score (nSPS) is 19.9. The molecule has 2 bridgehead atoms. The van der Waals surface area contributed by atoms with Crippen LogP contribution in [0.2, 0.25) is 5.02 Å². The van der Waals surface area contributed by atoms with Crippen molar-refractivity contribution in [3.8, 4) is 17.3 Å². The number of thiophene rings is 1. The maximum Gasteiger partial charge on any atom is 0.412 e. The Hall–Kier alpha value is -4.68. The highest BCUT2D eigenvalue weighted by Crippen LogP contribution is 2.55. The first kappa shape index (κ1) is 33.8. The molecule has 7 rings (SSSR count). The predicted octanol–water partition coefficient (Wildman–Crippen LogP) is 8.18. The van der Waals surface area contributed by atoms with Gasteiger partial charge in [0.05, 0.1) is 49.7 Å². The van der Waals surface area contributed by atoms with Gasteiger partial charge in [-0.1, -0.05) is 18.2 Å². The van der Waals surface area contributed by atoms with Gasteiger partial charge in [0.2, 0.25) is 0 Å². The number of benzene rings is 1. The molecule has 260 valence electrons. The highest BCUT2D eigenvalue weighted by Gasteiger charge is 2.59. The topological polar surface area (TPSA) is 134 Å². The number of hydrogen-bond acceptors (Lipinski definition) is 10. The van der Waals surface area contributed by atoms with Crippen LogP contribution in [0.15, 0.2) is 12.8 Å². The number of likely N-dealkylation sites (tertiary alicyclic amines) is 1. The Morgan fingerprint density at radius 1 is 1.12 bits per heavy atom. The third kappa shape index (κ3) is 5.27. The van der Waals surface area contributed by atoms with Gasteiger partial charge >= 0.3 is 18.3 Å². The van der Waals surface area contributed by atoms with Gasteiger partial charge in [-0.2, -0.15) is 19.6 Å². The number of fused-ring (bicyclic) bond motifs is 3. The summed E-state index contributed by atoms with van der Waals surface area (Å²) in [4.78, 5) is 41.5. The minimum absolute atomic E-state index is 0.0505. The van der Waals surface area contributed by atoms with Crippen LogP contribution in [0.5, 0.6) is 0 Å². The van der Waals surface area contributed by atoms with Gasteiger partial charge < -0.3 is 19.3 Å². The number of aromatic nitrogens is 3. The molecule has 0 aliphatic carbocycles. The quantitative estimate of drug-likeness (QED) is 0.203. The number of halogens is 4. The Labute approximate surface area is 293 Å². The molecule has 3 aliphatic rings. The molecule has 11 nitrogen and oxygen atoms in total. The van der Waals surface area contributed by atoms with Gasteiger partial charge in [0, 0.05) is 24.0 Å². The van der Waals surface area contributed by atoms with Crippen molar-refractivity contribution in [1.82, 2.24) is 19.9 Å². The summed E-state index contributed by atoms with van der Waals surface area (Å²) in [5.74, 6) is -1.80. The monoisotopic (exact) mass is 725 g/mol. The molecule has 2 atom stereocenters. The van der Waals surface area contributed by atoms with Crippen molar-refractivity contribution < 1.29 is 32.2 Å². The van der Waals surface area contributed by atoms with Gasteiger partial charge in [-0.25, -0.2) is 18.4 Å². The van der Waals surface area contributed by atoms with Crippen molar-refractivity contribution in [2.24, 2.45) is 0 Å². The largest absolute Gasteiger partial charge is 0.444 e.